The van der Waals surface area contributed by atoms with E-state index >= 15 is 0 Å². The quantitative estimate of drug-likeness (QED) is 0.792. The highest BCUT2D eigenvalue weighted by molar-refractivity contribution is 8.00. The van der Waals surface area contributed by atoms with Crippen molar-refractivity contribution in [1.82, 2.24) is 0 Å². The third kappa shape index (κ3) is 5.20. The van der Waals surface area contributed by atoms with E-state index < -0.39 is 0 Å². The summed E-state index contributed by atoms with van der Waals surface area (Å²) in [6, 6.07) is 5.90. The van der Waals surface area contributed by atoms with E-state index in [1.54, 1.807) is 11.8 Å². The smallest absolute Gasteiger partial charge is 0.237 e. The number of benzene rings is 1. The van der Waals surface area contributed by atoms with E-state index in [0.717, 1.165) is 17.0 Å². The van der Waals surface area contributed by atoms with E-state index in [4.69, 9.17) is 18.0 Å². The van der Waals surface area contributed by atoms with E-state index in [1.807, 2.05) is 39.0 Å². The standard InChI is InChI=1S/C14H20N2OS2/c1-9-5-4-6-12(10(9)2)16-14(17)11(3)19-8-7-13(15)18/h4-6,11H,7-8H2,1-3H3,(H2,15,18)(H,16,17). The van der Waals surface area contributed by atoms with Crippen LogP contribution in [0.15, 0.2) is 18.2 Å². The number of hydrogen-bond acceptors (Lipinski definition) is 3. The molecule has 0 saturated carbocycles. The zero-order valence-corrected chi connectivity index (χ0v) is 13.2. The van der Waals surface area contributed by atoms with Gasteiger partial charge in [0.15, 0.2) is 0 Å². The summed E-state index contributed by atoms with van der Waals surface area (Å²) in [5, 5.41) is 2.85. The van der Waals surface area contributed by atoms with Gasteiger partial charge in [0.2, 0.25) is 5.91 Å². The molecule has 0 bridgehead atoms. The molecule has 1 aromatic carbocycles. The molecule has 0 spiro atoms. The van der Waals surface area contributed by atoms with Crippen LogP contribution in [0.5, 0.6) is 0 Å². The Morgan fingerprint density at radius 1 is 1.47 bits per heavy atom. The molecule has 19 heavy (non-hydrogen) atoms. The molecule has 0 radical (unpaired) electrons. The van der Waals surface area contributed by atoms with Gasteiger partial charge in [-0.25, -0.2) is 0 Å². The molecule has 104 valence electrons. The Bertz CT molecular complexity index is 475. The second-order valence-corrected chi connectivity index (χ2v) is 6.44. The van der Waals surface area contributed by atoms with Crippen molar-refractivity contribution in [2.24, 2.45) is 5.73 Å². The number of carbonyl (C=O) groups is 1. The van der Waals surface area contributed by atoms with Crippen molar-refractivity contribution in [2.75, 3.05) is 11.1 Å². The van der Waals surface area contributed by atoms with E-state index in [1.165, 1.54) is 5.56 Å². The fourth-order valence-electron chi connectivity index (χ4n) is 1.53. The molecule has 0 aliphatic heterocycles. The average Bonchev–Trinajstić information content (AvgIpc) is 2.34. The Labute approximate surface area is 124 Å². The second kappa shape index (κ2) is 7.50. The maximum atomic E-state index is 12.1. The molecule has 1 atom stereocenters. The number of carbonyl (C=O) groups excluding carboxylic acids is 1. The minimum atomic E-state index is -0.116. The van der Waals surface area contributed by atoms with Crippen molar-refractivity contribution in [3.63, 3.8) is 0 Å². The molecule has 1 amide bonds. The minimum absolute atomic E-state index is 0.0154. The second-order valence-electron chi connectivity index (χ2n) is 4.47. The molecule has 1 unspecified atom stereocenters. The molecule has 1 rings (SSSR count). The van der Waals surface area contributed by atoms with Crippen molar-refractivity contribution >= 4 is 40.6 Å². The Morgan fingerprint density at radius 3 is 2.79 bits per heavy atom. The number of hydrogen-bond donors (Lipinski definition) is 2. The highest BCUT2D eigenvalue weighted by Crippen LogP contribution is 2.20. The molecular weight excluding hydrogens is 276 g/mol. The topological polar surface area (TPSA) is 55.1 Å². The largest absolute Gasteiger partial charge is 0.393 e. The number of nitrogens with one attached hydrogen (secondary N) is 1. The maximum Gasteiger partial charge on any atom is 0.237 e. The molecule has 0 aliphatic carbocycles. The first-order valence-corrected chi connectivity index (χ1v) is 7.64. The van der Waals surface area contributed by atoms with E-state index in [-0.39, 0.29) is 11.2 Å². The Kier molecular flexibility index (Phi) is 6.31. The molecule has 0 aliphatic rings. The number of thioether (sulfide) groups is 1. The van der Waals surface area contributed by atoms with Gasteiger partial charge < -0.3 is 11.1 Å². The summed E-state index contributed by atoms with van der Waals surface area (Å²) in [5.41, 5.74) is 8.59. The third-order valence-corrected chi connectivity index (χ3v) is 4.31. The van der Waals surface area contributed by atoms with Crippen LogP contribution in [0.4, 0.5) is 5.69 Å². The lowest BCUT2D eigenvalue weighted by atomic mass is 10.1. The predicted molar refractivity (Wildman–Crippen MR) is 87.9 cm³/mol. The maximum absolute atomic E-state index is 12.1. The van der Waals surface area contributed by atoms with E-state index in [0.29, 0.717) is 11.4 Å². The summed E-state index contributed by atoms with van der Waals surface area (Å²) < 4.78 is 0. The zero-order valence-electron chi connectivity index (χ0n) is 11.5. The van der Waals surface area contributed by atoms with Crippen LogP contribution in [0.2, 0.25) is 0 Å². The van der Waals surface area contributed by atoms with Gasteiger partial charge >= 0.3 is 0 Å². The molecule has 0 heterocycles. The molecule has 0 fully saturated rings. The molecule has 3 nitrogen and oxygen atoms in total. The summed E-state index contributed by atoms with van der Waals surface area (Å²) >= 11 is 6.38. The third-order valence-electron chi connectivity index (χ3n) is 2.95. The van der Waals surface area contributed by atoms with Crippen LogP contribution in [-0.4, -0.2) is 21.9 Å². The van der Waals surface area contributed by atoms with Gasteiger partial charge in [-0.2, -0.15) is 0 Å². The van der Waals surface area contributed by atoms with Gasteiger partial charge in [0.05, 0.1) is 10.2 Å². The van der Waals surface area contributed by atoms with Crippen molar-refractivity contribution < 1.29 is 4.79 Å². The Morgan fingerprint density at radius 2 is 2.16 bits per heavy atom. The summed E-state index contributed by atoms with van der Waals surface area (Å²) in [6.07, 6.45) is 0.668. The minimum Gasteiger partial charge on any atom is -0.393 e. The highest BCUT2D eigenvalue weighted by atomic mass is 32.2. The first-order chi connectivity index (χ1) is 8.91. The summed E-state index contributed by atoms with van der Waals surface area (Å²) in [4.78, 5) is 12.6. The number of nitrogens with two attached hydrogens (primary N) is 1. The van der Waals surface area contributed by atoms with Gasteiger partial charge in [-0.3, -0.25) is 4.79 Å². The summed E-state index contributed by atoms with van der Waals surface area (Å²) in [5.74, 6) is 0.790. The van der Waals surface area contributed by atoms with Gasteiger partial charge in [-0.15, -0.1) is 11.8 Å². The molecule has 0 aromatic heterocycles. The molecule has 5 heteroatoms. The Hall–Kier alpha value is -1.07. The first-order valence-electron chi connectivity index (χ1n) is 6.18. The van der Waals surface area contributed by atoms with Crippen LogP contribution < -0.4 is 11.1 Å². The lowest BCUT2D eigenvalue weighted by molar-refractivity contribution is -0.115. The van der Waals surface area contributed by atoms with Gasteiger partial charge in [-0.05, 0) is 38.0 Å². The number of amides is 1. The fraction of sp³-hybridized carbons (Fsp3) is 0.429. The van der Waals surface area contributed by atoms with Crippen LogP contribution in [0.1, 0.15) is 24.5 Å². The van der Waals surface area contributed by atoms with E-state index in [2.05, 4.69) is 5.32 Å². The number of thiocarbonyl (C=S) groups is 1. The fourth-order valence-corrected chi connectivity index (χ4v) is 2.67. The summed E-state index contributed by atoms with van der Waals surface area (Å²) in [6.45, 7) is 5.94. The molecule has 1 aromatic rings. The van der Waals surface area contributed by atoms with Crippen LogP contribution in [0.3, 0.4) is 0 Å². The SMILES string of the molecule is Cc1cccc(NC(=O)C(C)SCCC(N)=S)c1C. The van der Waals surface area contributed by atoms with Crippen LogP contribution in [0, 0.1) is 13.8 Å². The Balaban J connectivity index is 2.54. The van der Waals surface area contributed by atoms with Crippen molar-refractivity contribution in [2.45, 2.75) is 32.4 Å². The predicted octanol–water partition coefficient (Wildman–Crippen LogP) is 3.04. The lowest BCUT2D eigenvalue weighted by Crippen LogP contribution is -2.23. The number of aryl methyl sites for hydroxylation is 1. The van der Waals surface area contributed by atoms with Crippen molar-refractivity contribution in [3.8, 4) is 0 Å². The summed E-state index contributed by atoms with van der Waals surface area (Å²) in [7, 11) is 0. The monoisotopic (exact) mass is 296 g/mol. The normalized spacial score (nSPS) is 11.9. The lowest BCUT2D eigenvalue weighted by Gasteiger charge is -2.14. The van der Waals surface area contributed by atoms with Crippen LogP contribution in [0.25, 0.3) is 0 Å². The molecular formula is C14H20N2OS2. The van der Waals surface area contributed by atoms with Gasteiger partial charge in [0, 0.05) is 17.9 Å². The molecule has 0 saturated heterocycles. The number of anilines is 1. The van der Waals surface area contributed by atoms with Crippen LogP contribution in [-0.2, 0) is 4.79 Å². The van der Waals surface area contributed by atoms with Gasteiger partial charge in [0.1, 0.15) is 0 Å². The van der Waals surface area contributed by atoms with E-state index in [9.17, 15) is 4.79 Å². The van der Waals surface area contributed by atoms with Crippen molar-refractivity contribution in [1.29, 1.82) is 0 Å². The van der Waals surface area contributed by atoms with Gasteiger partial charge in [0.25, 0.3) is 0 Å². The zero-order chi connectivity index (χ0) is 14.4. The van der Waals surface area contributed by atoms with Gasteiger partial charge in [-0.1, -0.05) is 24.4 Å². The van der Waals surface area contributed by atoms with Crippen LogP contribution >= 0.6 is 24.0 Å². The average molecular weight is 296 g/mol. The highest BCUT2D eigenvalue weighted by Gasteiger charge is 2.14. The number of rotatable bonds is 6. The van der Waals surface area contributed by atoms with Crippen molar-refractivity contribution in [3.05, 3.63) is 29.3 Å². The first kappa shape index (κ1) is 16.0. The molecule has 3 N–H and O–H groups in total.